The number of hydrogen-bond donors (Lipinski definition) is 0. The quantitative estimate of drug-likeness (QED) is 0.481. The van der Waals surface area contributed by atoms with Gasteiger partial charge in [-0.25, -0.2) is 4.79 Å². The van der Waals surface area contributed by atoms with E-state index in [0.717, 1.165) is 5.39 Å². The van der Waals surface area contributed by atoms with E-state index in [1.165, 1.54) is 11.7 Å². The van der Waals surface area contributed by atoms with Crippen molar-refractivity contribution in [1.29, 1.82) is 0 Å². The molecule has 0 fully saturated rings. The van der Waals surface area contributed by atoms with Gasteiger partial charge in [0.05, 0.1) is 12.6 Å². The van der Waals surface area contributed by atoms with Gasteiger partial charge in [0.15, 0.2) is 0 Å². The maximum atomic E-state index is 11.5. The number of ether oxygens (including phenoxy) is 1. The summed E-state index contributed by atoms with van der Waals surface area (Å²) in [6.45, 7) is 0. The van der Waals surface area contributed by atoms with Crippen molar-refractivity contribution >= 4 is 22.8 Å². The highest BCUT2D eigenvalue weighted by Gasteiger charge is 2.17. The molecule has 0 aliphatic heterocycles. The predicted molar refractivity (Wildman–Crippen MR) is 54.6 cm³/mol. The third-order valence-corrected chi connectivity index (χ3v) is 2.18. The second kappa shape index (κ2) is 3.57. The van der Waals surface area contributed by atoms with E-state index < -0.39 is 11.9 Å². The second-order valence-corrected chi connectivity index (χ2v) is 3.04. The summed E-state index contributed by atoms with van der Waals surface area (Å²) in [6.07, 6.45) is 1.56. The lowest BCUT2D eigenvalue weighted by atomic mass is 10.2. The van der Waals surface area contributed by atoms with E-state index in [0.29, 0.717) is 5.52 Å². The molecule has 4 nitrogen and oxygen atoms in total. The number of carbonyl (C=O) groups excluding carboxylic acids is 2. The Kier molecular flexibility index (Phi) is 2.25. The normalized spacial score (nSPS) is 10.2. The first-order chi connectivity index (χ1) is 7.24. The Bertz CT molecular complexity index is 527. The first-order valence-electron chi connectivity index (χ1n) is 4.43. The largest absolute Gasteiger partial charge is 0.462 e. The van der Waals surface area contributed by atoms with Crippen LogP contribution in [0.4, 0.5) is 0 Å². The Labute approximate surface area is 86.1 Å². The molecule has 0 saturated carbocycles. The number of hydrogen-bond acceptors (Lipinski definition) is 3. The highest BCUT2D eigenvalue weighted by molar-refractivity contribution is 6.34. The molecule has 1 aromatic heterocycles. The number of benzene rings is 1. The van der Waals surface area contributed by atoms with Crippen LogP contribution in [0, 0.1) is 0 Å². The van der Waals surface area contributed by atoms with E-state index in [2.05, 4.69) is 4.74 Å². The third-order valence-electron chi connectivity index (χ3n) is 2.18. The van der Waals surface area contributed by atoms with E-state index in [-0.39, 0.29) is 0 Å². The van der Waals surface area contributed by atoms with Crippen molar-refractivity contribution in [3.8, 4) is 0 Å². The van der Waals surface area contributed by atoms with Crippen LogP contribution in [0.5, 0.6) is 0 Å². The van der Waals surface area contributed by atoms with E-state index in [1.807, 2.05) is 18.2 Å². The van der Waals surface area contributed by atoms with Gasteiger partial charge < -0.3 is 4.74 Å². The number of nitrogens with zero attached hydrogens (tertiary/aromatic N) is 1. The Balaban J connectivity index is 2.53. The van der Waals surface area contributed by atoms with E-state index in [9.17, 15) is 9.59 Å². The zero-order valence-corrected chi connectivity index (χ0v) is 8.14. The summed E-state index contributed by atoms with van der Waals surface area (Å²) in [4.78, 5) is 22.6. The maximum absolute atomic E-state index is 11.5. The van der Waals surface area contributed by atoms with Crippen molar-refractivity contribution in [3.63, 3.8) is 0 Å². The van der Waals surface area contributed by atoms with Crippen LogP contribution in [0.25, 0.3) is 10.9 Å². The number of rotatable bonds is 0. The van der Waals surface area contributed by atoms with Gasteiger partial charge in [0.2, 0.25) is 0 Å². The molecule has 0 aliphatic carbocycles. The van der Waals surface area contributed by atoms with Crippen molar-refractivity contribution in [2.75, 3.05) is 7.11 Å². The smallest absolute Gasteiger partial charge is 0.397 e. The zero-order chi connectivity index (χ0) is 10.8. The van der Waals surface area contributed by atoms with Crippen molar-refractivity contribution in [1.82, 2.24) is 4.57 Å². The lowest BCUT2D eigenvalue weighted by Crippen LogP contribution is -2.21. The summed E-state index contributed by atoms with van der Waals surface area (Å²) in [5, 5.41) is 0.912. The number of carbonyl (C=O) groups is 2. The molecule has 0 bridgehead atoms. The molecule has 0 saturated heterocycles. The van der Waals surface area contributed by atoms with Crippen LogP contribution in [0.3, 0.4) is 0 Å². The van der Waals surface area contributed by atoms with Crippen molar-refractivity contribution < 1.29 is 14.3 Å². The molecule has 0 unspecified atom stereocenters. The molecule has 76 valence electrons. The number of methoxy groups -OCH3 is 1. The van der Waals surface area contributed by atoms with Gasteiger partial charge in [0.25, 0.3) is 0 Å². The molecule has 15 heavy (non-hydrogen) atoms. The van der Waals surface area contributed by atoms with Gasteiger partial charge in [-0.2, -0.15) is 0 Å². The molecule has 0 radical (unpaired) electrons. The fourth-order valence-corrected chi connectivity index (χ4v) is 1.45. The lowest BCUT2D eigenvalue weighted by Gasteiger charge is -2.01. The molecule has 0 amide bonds. The van der Waals surface area contributed by atoms with Gasteiger partial charge >= 0.3 is 11.9 Å². The van der Waals surface area contributed by atoms with Crippen molar-refractivity contribution in [3.05, 3.63) is 36.5 Å². The van der Waals surface area contributed by atoms with Gasteiger partial charge in [-0.3, -0.25) is 9.36 Å². The maximum Gasteiger partial charge on any atom is 0.397 e. The Hall–Kier alpha value is -2.10. The number of fused-ring (bicyclic) bond motifs is 1. The monoisotopic (exact) mass is 203 g/mol. The number of para-hydroxylation sites is 1. The molecule has 0 spiro atoms. The van der Waals surface area contributed by atoms with Gasteiger partial charge in [-0.05, 0) is 12.1 Å². The van der Waals surface area contributed by atoms with Crippen LogP contribution in [-0.2, 0) is 9.53 Å². The minimum atomic E-state index is -0.864. The average Bonchev–Trinajstić information content (AvgIpc) is 2.70. The zero-order valence-electron chi connectivity index (χ0n) is 8.14. The fourth-order valence-electron chi connectivity index (χ4n) is 1.45. The first-order valence-corrected chi connectivity index (χ1v) is 4.43. The topological polar surface area (TPSA) is 48.3 Å². The van der Waals surface area contributed by atoms with E-state index in [4.69, 9.17) is 0 Å². The SMILES string of the molecule is COC(=O)C(=O)n1ccc2ccccc21. The molecule has 0 atom stereocenters. The molecule has 0 N–H and O–H groups in total. The van der Waals surface area contributed by atoms with Crippen molar-refractivity contribution in [2.45, 2.75) is 0 Å². The summed E-state index contributed by atoms with van der Waals surface area (Å²) in [7, 11) is 1.19. The van der Waals surface area contributed by atoms with Gasteiger partial charge in [0.1, 0.15) is 0 Å². The molecule has 2 rings (SSSR count). The summed E-state index contributed by atoms with van der Waals surface area (Å²) in [6, 6.07) is 9.10. The predicted octanol–water partition coefficient (Wildman–Crippen LogP) is 1.45. The number of esters is 1. The molecule has 1 heterocycles. The summed E-state index contributed by atoms with van der Waals surface area (Å²) in [5.41, 5.74) is 0.702. The minimum absolute atomic E-state index is 0.682. The van der Waals surface area contributed by atoms with Crippen LogP contribution >= 0.6 is 0 Å². The molecular weight excluding hydrogens is 194 g/mol. The van der Waals surface area contributed by atoms with Gasteiger partial charge in [-0.1, -0.05) is 18.2 Å². The average molecular weight is 203 g/mol. The first kappa shape index (κ1) is 9.45. The van der Waals surface area contributed by atoms with E-state index >= 15 is 0 Å². The van der Waals surface area contributed by atoms with Crippen LogP contribution in [-0.4, -0.2) is 23.6 Å². The Morgan fingerprint density at radius 1 is 1.20 bits per heavy atom. The van der Waals surface area contributed by atoms with Crippen LogP contribution in [0.1, 0.15) is 4.79 Å². The summed E-state index contributed by atoms with van der Waals surface area (Å²) >= 11 is 0. The van der Waals surface area contributed by atoms with Crippen LogP contribution < -0.4 is 0 Å². The molecular formula is C11H9NO3. The molecule has 0 aliphatic rings. The highest BCUT2D eigenvalue weighted by Crippen LogP contribution is 2.14. The second-order valence-electron chi connectivity index (χ2n) is 3.04. The standard InChI is InChI=1S/C11H9NO3/c1-15-11(14)10(13)12-7-6-8-4-2-3-5-9(8)12/h2-7H,1H3. The third kappa shape index (κ3) is 1.50. The minimum Gasteiger partial charge on any atom is -0.462 e. The fraction of sp³-hybridized carbons (Fsp3) is 0.0909. The van der Waals surface area contributed by atoms with E-state index in [1.54, 1.807) is 18.3 Å². The van der Waals surface area contributed by atoms with Crippen molar-refractivity contribution in [2.24, 2.45) is 0 Å². The number of aromatic nitrogens is 1. The molecule has 2 aromatic rings. The van der Waals surface area contributed by atoms with Crippen LogP contribution in [0.15, 0.2) is 36.5 Å². The highest BCUT2D eigenvalue weighted by atomic mass is 16.5. The Morgan fingerprint density at radius 3 is 2.67 bits per heavy atom. The summed E-state index contributed by atoms with van der Waals surface area (Å²) in [5.74, 6) is -1.55. The van der Waals surface area contributed by atoms with Gasteiger partial charge in [0, 0.05) is 11.6 Å². The van der Waals surface area contributed by atoms with Crippen LogP contribution in [0.2, 0.25) is 0 Å². The Morgan fingerprint density at radius 2 is 1.93 bits per heavy atom. The molecule has 1 aromatic carbocycles. The molecule has 4 heteroatoms. The lowest BCUT2D eigenvalue weighted by molar-refractivity contribution is -0.135. The summed E-state index contributed by atoms with van der Waals surface area (Å²) < 4.78 is 5.65. The van der Waals surface area contributed by atoms with Gasteiger partial charge in [-0.15, -0.1) is 0 Å².